The maximum atomic E-state index is 13.1. The maximum absolute atomic E-state index is 13.1. The number of anilines is 1. The molecule has 1 aliphatic heterocycles. The molecule has 0 saturated carbocycles. The minimum absolute atomic E-state index is 0.0941. The first-order chi connectivity index (χ1) is 15.0. The third-order valence-corrected chi connectivity index (χ3v) is 6.44. The van der Waals surface area contributed by atoms with Gasteiger partial charge in [-0.2, -0.15) is 0 Å². The normalized spacial score (nSPS) is 15.0. The Morgan fingerprint density at radius 2 is 1.84 bits per heavy atom. The number of halogens is 1. The quantitative estimate of drug-likeness (QED) is 0.293. The van der Waals surface area contributed by atoms with Crippen molar-refractivity contribution < 1.29 is 9.53 Å². The molecule has 0 N–H and O–H groups in total. The van der Waals surface area contributed by atoms with Crippen LogP contribution in [0.5, 0.6) is 5.75 Å². The third-order valence-electron chi connectivity index (χ3n) is 4.88. The van der Waals surface area contributed by atoms with E-state index in [1.54, 1.807) is 4.90 Å². The Kier molecular flexibility index (Phi) is 6.76. The van der Waals surface area contributed by atoms with Crippen molar-refractivity contribution >= 4 is 57.6 Å². The molecule has 0 aliphatic carbocycles. The second kappa shape index (κ2) is 9.69. The van der Waals surface area contributed by atoms with E-state index in [2.05, 4.69) is 6.92 Å². The average Bonchev–Trinajstić information content (AvgIpc) is 3.06. The molecule has 156 valence electrons. The minimum Gasteiger partial charge on any atom is -0.489 e. The number of carbonyl (C=O) groups excluding carboxylic acids is 1. The zero-order valence-electron chi connectivity index (χ0n) is 16.9. The fourth-order valence-electron chi connectivity index (χ4n) is 3.30. The maximum Gasteiger partial charge on any atom is 0.270 e. The molecular formula is C25H20ClNO2S2. The largest absolute Gasteiger partial charge is 0.489 e. The first-order valence-electron chi connectivity index (χ1n) is 9.88. The lowest BCUT2D eigenvalue weighted by Crippen LogP contribution is -2.28. The summed E-state index contributed by atoms with van der Waals surface area (Å²) in [6.45, 7) is 2.51. The molecule has 31 heavy (non-hydrogen) atoms. The Hall–Kier alpha value is -2.60. The fourth-order valence-corrected chi connectivity index (χ4v) is 4.71. The zero-order valence-corrected chi connectivity index (χ0v) is 19.3. The van der Waals surface area contributed by atoms with Crippen LogP contribution in [-0.2, 0) is 17.8 Å². The zero-order chi connectivity index (χ0) is 21.8. The van der Waals surface area contributed by atoms with Crippen molar-refractivity contribution in [3.63, 3.8) is 0 Å². The number of aryl methyl sites for hydroxylation is 1. The molecule has 0 atom stereocenters. The Morgan fingerprint density at radius 1 is 1.06 bits per heavy atom. The molecule has 1 amide bonds. The van der Waals surface area contributed by atoms with Crippen LogP contribution in [0.25, 0.3) is 6.08 Å². The van der Waals surface area contributed by atoms with Crippen LogP contribution in [0.3, 0.4) is 0 Å². The Labute approximate surface area is 196 Å². The minimum atomic E-state index is -0.0941. The summed E-state index contributed by atoms with van der Waals surface area (Å²) >= 11 is 12.8. The highest BCUT2D eigenvalue weighted by Crippen LogP contribution is 2.37. The molecule has 1 aliphatic rings. The Morgan fingerprint density at radius 3 is 2.61 bits per heavy atom. The summed E-state index contributed by atoms with van der Waals surface area (Å²) in [4.78, 5) is 15.4. The molecule has 1 fully saturated rings. The average molecular weight is 466 g/mol. The van der Waals surface area contributed by atoms with E-state index in [1.807, 2.05) is 78.9 Å². The predicted molar refractivity (Wildman–Crippen MR) is 134 cm³/mol. The van der Waals surface area contributed by atoms with Gasteiger partial charge in [-0.15, -0.1) is 0 Å². The van der Waals surface area contributed by atoms with Crippen LogP contribution in [-0.4, -0.2) is 10.2 Å². The molecule has 0 radical (unpaired) electrons. The van der Waals surface area contributed by atoms with Gasteiger partial charge in [-0.25, -0.2) is 0 Å². The summed E-state index contributed by atoms with van der Waals surface area (Å²) in [6, 6.07) is 23.1. The molecule has 6 heteroatoms. The summed E-state index contributed by atoms with van der Waals surface area (Å²) < 4.78 is 6.45. The summed E-state index contributed by atoms with van der Waals surface area (Å²) in [6.07, 6.45) is 2.70. The van der Waals surface area contributed by atoms with Gasteiger partial charge in [0.2, 0.25) is 0 Å². The van der Waals surface area contributed by atoms with Crippen molar-refractivity contribution in [2.45, 2.75) is 20.0 Å². The van der Waals surface area contributed by atoms with Crippen molar-refractivity contribution in [2.24, 2.45) is 0 Å². The number of amides is 1. The molecule has 4 rings (SSSR count). The van der Waals surface area contributed by atoms with E-state index in [-0.39, 0.29) is 5.91 Å². The van der Waals surface area contributed by atoms with Crippen LogP contribution in [0.15, 0.2) is 77.7 Å². The summed E-state index contributed by atoms with van der Waals surface area (Å²) in [5.74, 6) is 0.638. The second-order valence-electron chi connectivity index (χ2n) is 6.99. The van der Waals surface area contributed by atoms with Crippen LogP contribution in [0.1, 0.15) is 23.6 Å². The molecular weight excluding hydrogens is 446 g/mol. The Bertz CT molecular complexity index is 1160. The van der Waals surface area contributed by atoms with Gasteiger partial charge < -0.3 is 4.74 Å². The van der Waals surface area contributed by atoms with Crippen molar-refractivity contribution in [1.29, 1.82) is 0 Å². The van der Waals surface area contributed by atoms with E-state index in [0.717, 1.165) is 34.5 Å². The SMILES string of the molecule is CCc1ccccc1N1C(=O)/C(=C/c2cccc(OCc3ccc(Cl)cc3)c2)SC1=S. The van der Waals surface area contributed by atoms with Crippen LogP contribution in [0.2, 0.25) is 5.02 Å². The molecule has 0 aromatic heterocycles. The molecule has 0 bridgehead atoms. The van der Waals surface area contributed by atoms with Gasteiger partial charge in [0.15, 0.2) is 4.32 Å². The predicted octanol–water partition coefficient (Wildman–Crippen LogP) is 6.89. The van der Waals surface area contributed by atoms with E-state index < -0.39 is 0 Å². The van der Waals surface area contributed by atoms with Crippen molar-refractivity contribution in [3.05, 3.63) is 99.4 Å². The molecule has 3 aromatic carbocycles. The first-order valence-corrected chi connectivity index (χ1v) is 11.5. The van der Waals surface area contributed by atoms with Crippen LogP contribution in [0, 0.1) is 0 Å². The van der Waals surface area contributed by atoms with Crippen LogP contribution in [0.4, 0.5) is 5.69 Å². The van der Waals surface area contributed by atoms with E-state index in [1.165, 1.54) is 11.8 Å². The standard InChI is InChI=1S/C25H20ClNO2S2/c1-2-19-7-3-4-9-22(19)27-24(28)23(31-25(27)30)15-18-6-5-8-21(14-18)29-16-17-10-12-20(26)13-11-17/h3-15H,2,16H2,1H3/b23-15-. The number of thiocarbonyl (C=S) groups is 1. The van der Waals surface area contributed by atoms with Gasteiger partial charge in [0.25, 0.3) is 5.91 Å². The number of nitrogens with zero attached hydrogens (tertiary/aromatic N) is 1. The highest BCUT2D eigenvalue weighted by atomic mass is 35.5. The first kappa shape index (κ1) is 21.6. The van der Waals surface area contributed by atoms with E-state index in [0.29, 0.717) is 20.9 Å². The van der Waals surface area contributed by atoms with Crippen LogP contribution < -0.4 is 9.64 Å². The second-order valence-corrected chi connectivity index (χ2v) is 9.10. The lowest BCUT2D eigenvalue weighted by molar-refractivity contribution is -0.113. The van der Waals surface area contributed by atoms with Gasteiger partial charge in [0.1, 0.15) is 12.4 Å². The van der Waals surface area contributed by atoms with Crippen LogP contribution >= 0.6 is 35.6 Å². The highest BCUT2D eigenvalue weighted by Gasteiger charge is 2.34. The number of hydrogen-bond donors (Lipinski definition) is 0. The number of para-hydroxylation sites is 1. The number of ether oxygens (including phenoxy) is 1. The van der Waals surface area contributed by atoms with Crippen molar-refractivity contribution in [2.75, 3.05) is 4.90 Å². The van der Waals surface area contributed by atoms with Crippen molar-refractivity contribution in [1.82, 2.24) is 0 Å². The summed E-state index contributed by atoms with van der Waals surface area (Å²) in [5.41, 5.74) is 3.87. The van der Waals surface area contributed by atoms with E-state index in [4.69, 9.17) is 28.6 Å². The smallest absolute Gasteiger partial charge is 0.270 e. The summed E-state index contributed by atoms with van der Waals surface area (Å²) in [7, 11) is 0. The number of hydrogen-bond acceptors (Lipinski definition) is 4. The van der Waals surface area contributed by atoms with Crippen molar-refractivity contribution in [3.8, 4) is 5.75 Å². The number of thioether (sulfide) groups is 1. The molecule has 1 heterocycles. The van der Waals surface area contributed by atoms with Gasteiger partial charge >= 0.3 is 0 Å². The highest BCUT2D eigenvalue weighted by molar-refractivity contribution is 8.27. The van der Waals surface area contributed by atoms with Gasteiger partial charge in [0, 0.05) is 5.02 Å². The lowest BCUT2D eigenvalue weighted by Gasteiger charge is -2.18. The van der Waals surface area contributed by atoms with E-state index in [9.17, 15) is 4.79 Å². The number of benzene rings is 3. The van der Waals surface area contributed by atoms with Gasteiger partial charge in [-0.3, -0.25) is 9.69 Å². The molecule has 0 unspecified atom stereocenters. The topological polar surface area (TPSA) is 29.5 Å². The van der Waals surface area contributed by atoms with Gasteiger partial charge in [-0.05, 0) is 59.5 Å². The monoisotopic (exact) mass is 465 g/mol. The van der Waals surface area contributed by atoms with E-state index >= 15 is 0 Å². The number of carbonyl (C=O) groups is 1. The summed E-state index contributed by atoms with van der Waals surface area (Å²) in [5, 5.41) is 0.699. The molecule has 3 nitrogen and oxygen atoms in total. The molecule has 0 spiro atoms. The fraction of sp³-hybridized carbons (Fsp3) is 0.120. The number of rotatable bonds is 6. The van der Waals surface area contributed by atoms with Gasteiger partial charge in [0.05, 0.1) is 10.6 Å². The van der Waals surface area contributed by atoms with Gasteiger partial charge in [-0.1, -0.05) is 85.0 Å². The Balaban J connectivity index is 1.52. The third kappa shape index (κ3) is 5.01. The molecule has 1 saturated heterocycles. The lowest BCUT2D eigenvalue weighted by atomic mass is 10.1. The molecule has 3 aromatic rings.